The first-order chi connectivity index (χ1) is 13.8. The highest BCUT2D eigenvalue weighted by atomic mass is 19.4. The van der Waals surface area contributed by atoms with Crippen molar-refractivity contribution in [3.8, 4) is 0 Å². The molecule has 1 saturated carbocycles. The van der Waals surface area contributed by atoms with Gasteiger partial charge in [0.1, 0.15) is 17.5 Å². The minimum Gasteiger partial charge on any atom is -0.342 e. The minimum atomic E-state index is -4.44. The first kappa shape index (κ1) is 19.6. The van der Waals surface area contributed by atoms with Gasteiger partial charge in [-0.15, -0.1) is 0 Å². The Balaban J connectivity index is 1.61. The highest BCUT2D eigenvalue weighted by Crippen LogP contribution is 2.40. The van der Waals surface area contributed by atoms with Gasteiger partial charge in [0.05, 0.1) is 11.3 Å². The Hall–Kier alpha value is -2.71. The first-order valence-corrected chi connectivity index (χ1v) is 9.74. The molecule has 0 bridgehead atoms. The number of rotatable bonds is 4. The van der Waals surface area contributed by atoms with Crippen LogP contribution in [-0.4, -0.2) is 38.8 Å². The summed E-state index contributed by atoms with van der Waals surface area (Å²) in [6, 6.07) is 3.67. The van der Waals surface area contributed by atoms with Gasteiger partial charge in [0.15, 0.2) is 0 Å². The quantitative estimate of drug-likeness (QED) is 0.824. The number of carbonyl (C=O) groups excluding carboxylic acids is 1. The number of alkyl halides is 3. The molecule has 0 aromatic carbocycles. The molecule has 1 aliphatic heterocycles. The lowest BCUT2D eigenvalue weighted by Gasteiger charge is -2.32. The van der Waals surface area contributed by atoms with Gasteiger partial charge >= 0.3 is 6.18 Å². The van der Waals surface area contributed by atoms with Crippen molar-refractivity contribution in [3.63, 3.8) is 0 Å². The molecule has 1 unspecified atom stereocenters. The van der Waals surface area contributed by atoms with E-state index in [1.54, 1.807) is 13.0 Å². The summed E-state index contributed by atoms with van der Waals surface area (Å²) in [5, 5.41) is 2.91. The largest absolute Gasteiger partial charge is 0.416 e. The molecule has 2 aromatic rings. The molecule has 29 heavy (non-hydrogen) atoms. The topological polar surface area (TPSA) is 71.0 Å². The van der Waals surface area contributed by atoms with Crippen LogP contribution in [0.25, 0.3) is 0 Å². The van der Waals surface area contributed by atoms with Crippen molar-refractivity contribution in [3.05, 3.63) is 41.5 Å². The molecular formula is C20H22F3N5O. The lowest BCUT2D eigenvalue weighted by molar-refractivity contribution is -0.137. The Morgan fingerprint density at radius 2 is 1.93 bits per heavy atom. The second kappa shape index (κ2) is 7.61. The van der Waals surface area contributed by atoms with E-state index in [2.05, 4.69) is 15.3 Å². The SMILES string of the molecule is CC(=O)N1CCCC(c2cc(Nc3cc(C(F)(F)F)ccn3)nc(C3CC3)n2)C1. The molecule has 1 N–H and O–H groups in total. The van der Waals surface area contributed by atoms with E-state index >= 15 is 0 Å². The Labute approximate surface area is 166 Å². The van der Waals surface area contributed by atoms with Crippen molar-refractivity contribution in [1.29, 1.82) is 0 Å². The van der Waals surface area contributed by atoms with Gasteiger partial charge in [-0.1, -0.05) is 0 Å². The molecule has 0 spiro atoms. The summed E-state index contributed by atoms with van der Waals surface area (Å²) in [6.07, 6.45) is 0.509. The molecule has 154 valence electrons. The fourth-order valence-electron chi connectivity index (χ4n) is 3.59. The van der Waals surface area contributed by atoms with E-state index < -0.39 is 11.7 Å². The summed E-state index contributed by atoms with van der Waals surface area (Å²) >= 11 is 0. The van der Waals surface area contributed by atoms with Gasteiger partial charge in [0, 0.05) is 44.1 Å². The molecule has 1 atom stereocenters. The van der Waals surface area contributed by atoms with Crippen LogP contribution in [0.3, 0.4) is 0 Å². The number of anilines is 2. The number of hydrogen-bond acceptors (Lipinski definition) is 5. The highest BCUT2D eigenvalue weighted by Gasteiger charge is 2.32. The number of halogens is 3. The van der Waals surface area contributed by atoms with Crippen molar-refractivity contribution in [2.24, 2.45) is 0 Å². The van der Waals surface area contributed by atoms with E-state index in [1.807, 2.05) is 4.90 Å². The van der Waals surface area contributed by atoms with Gasteiger partial charge in [0.2, 0.25) is 5.91 Å². The van der Waals surface area contributed by atoms with Gasteiger partial charge in [0.25, 0.3) is 0 Å². The standard InChI is InChI=1S/C20H22F3N5O/c1-12(29)28-8-2-3-14(11-28)16-10-18(27-19(25-16)13-4-5-13)26-17-9-15(6-7-24-17)20(21,22)23/h6-7,9-10,13-14H,2-5,8,11H2,1H3,(H,24,25,26,27). The number of carbonyl (C=O) groups is 1. The van der Waals surface area contributed by atoms with Crippen LogP contribution in [0.2, 0.25) is 0 Å². The summed E-state index contributed by atoms with van der Waals surface area (Å²) in [5.74, 6) is 1.64. The number of piperidine rings is 1. The van der Waals surface area contributed by atoms with E-state index in [0.717, 1.165) is 56.3 Å². The zero-order chi connectivity index (χ0) is 20.6. The third kappa shape index (κ3) is 4.65. The maximum absolute atomic E-state index is 13.0. The highest BCUT2D eigenvalue weighted by molar-refractivity contribution is 5.73. The maximum Gasteiger partial charge on any atom is 0.416 e. The van der Waals surface area contributed by atoms with Crippen LogP contribution in [0, 0.1) is 0 Å². The number of aromatic nitrogens is 3. The van der Waals surface area contributed by atoms with Gasteiger partial charge in [-0.2, -0.15) is 13.2 Å². The molecule has 0 radical (unpaired) electrons. The molecule has 4 rings (SSSR count). The van der Waals surface area contributed by atoms with Gasteiger partial charge in [-0.3, -0.25) is 4.79 Å². The van der Waals surface area contributed by atoms with Crippen LogP contribution in [0.15, 0.2) is 24.4 Å². The van der Waals surface area contributed by atoms with E-state index in [4.69, 9.17) is 4.98 Å². The monoisotopic (exact) mass is 405 g/mol. The average Bonchev–Trinajstić information content (AvgIpc) is 3.53. The van der Waals surface area contributed by atoms with E-state index in [9.17, 15) is 18.0 Å². The normalized spacial score (nSPS) is 19.9. The van der Waals surface area contributed by atoms with Crippen molar-refractivity contribution >= 4 is 17.5 Å². The lowest BCUT2D eigenvalue weighted by Crippen LogP contribution is -2.38. The lowest BCUT2D eigenvalue weighted by atomic mass is 9.94. The maximum atomic E-state index is 13.0. The van der Waals surface area contributed by atoms with Crippen LogP contribution in [0.5, 0.6) is 0 Å². The number of amides is 1. The number of pyridine rings is 1. The second-order valence-electron chi connectivity index (χ2n) is 7.67. The molecule has 6 nitrogen and oxygen atoms in total. The van der Waals surface area contributed by atoms with E-state index in [0.29, 0.717) is 18.2 Å². The smallest absolute Gasteiger partial charge is 0.342 e. The number of hydrogen-bond donors (Lipinski definition) is 1. The van der Waals surface area contributed by atoms with Crippen molar-refractivity contribution in [2.45, 2.75) is 50.6 Å². The van der Waals surface area contributed by atoms with Gasteiger partial charge in [-0.25, -0.2) is 15.0 Å². The zero-order valence-corrected chi connectivity index (χ0v) is 16.0. The zero-order valence-electron chi connectivity index (χ0n) is 16.0. The molecule has 2 aliphatic rings. The fourth-order valence-corrected chi connectivity index (χ4v) is 3.59. The second-order valence-corrected chi connectivity index (χ2v) is 7.67. The van der Waals surface area contributed by atoms with Crippen LogP contribution in [0.1, 0.15) is 61.5 Å². The fraction of sp³-hybridized carbons (Fsp3) is 0.500. The van der Waals surface area contributed by atoms with Gasteiger partial charge in [-0.05, 0) is 37.8 Å². The molecule has 3 heterocycles. The molecule has 1 aliphatic carbocycles. The predicted molar refractivity (Wildman–Crippen MR) is 101 cm³/mol. The number of nitrogens with zero attached hydrogens (tertiary/aromatic N) is 4. The molecular weight excluding hydrogens is 383 g/mol. The van der Waals surface area contributed by atoms with Crippen molar-refractivity contribution < 1.29 is 18.0 Å². The summed E-state index contributed by atoms with van der Waals surface area (Å²) in [7, 11) is 0. The van der Waals surface area contributed by atoms with Crippen LogP contribution in [-0.2, 0) is 11.0 Å². The third-order valence-corrected chi connectivity index (χ3v) is 5.33. The van der Waals surface area contributed by atoms with Gasteiger partial charge < -0.3 is 10.2 Å². The number of likely N-dealkylation sites (tertiary alicyclic amines) is 1. The summed E-state index contributed by atoms with van der Waals surface area (Å²) in [6.45, 7) is 2.90. The summed E-state index contributed by atoms with van der Waals surface area (Å²) in [5.41, 5.74) is 0.0541. The molecule has 9 heteroatoms. The van der Waals surface area contributed by atoms with Crippen molar-refractivity contribution in [2.75, 3.05) is 18.4 Å². The molecule has 1 saturated heterocycles. The van der Waals surface area contributed by atoms with Crippen molar-refractivity contribution in [1.82, 2.24) is 19.9 Å². The first-order valence-electron chi connectivity index (χ1n) is 9.74. The Bertz CT molecular complexity index is 913. The average molecular weight is 405 g/mol. The Morgan fingerprint density at radius 3 is 2.62 bits per heavy atom. The summed E-state index contributed by atoms with van der Waals surface area (Å²) < 4.78 is 38.9. The van der Waals surface area contributed by atoms with E-state index in [-0.39, 0.29) is 23.6 Å². The Kier molecular flexibility index (Phi) is 5.14. The molecule has 2 aromatic heterocycles. The van der Waals surface area contributed by atoms with Crippen LogP contribution >= 0.6 is 0 Å². The molecule has 2 fully saturated rings. The van der Waals surface area contributed by atoms with Crippen LogP contribution < -0.4 is 5.32 Å². The Morgan fingerprint density at radius 1 is 1.14 bits per heavy atom. The molecule has 1 amide bonds. The summed E-state index contributed by atoms with van der Waals surface area (Å²) in [4.78, 5) is 26.8. The predicted octanol–water partition coefficient (Wildman–Crippen LogP) is 4.24. The minimum absolute atomic E-state index is 0.0395. The number of nitrogens with one attached hydrogen (secondary N) is 1. The van der Waals surface area contributed by atoms with E-state index in [1.165, 1.54) is 0 Å². The van der Waals surface area contributed by atoms with Crippen LogP contribution in [0.4, 0.5) is 24.8 Å². The third-order valence-electron chi connectivity index (χ3n) is 5.33.